The van der Waals surface area contributed by atoms with Gasteiger partial charge in [0.05, 0.1) is 13.2 Å². The molecule has 3 aliphatic rings. The lowest BCUT2D eigenvalue weighted by Gasteiger charge is -2.52. The van der Waals surface area contributed by atoms with Crippen LogP contribution in [0.2, 0.25) is 0 Å². The number of rotatable bonds is 15. The summed E-state index contributed by atoms with van der Waals surface area (Å²) in [5.41, 5.74) is 1.58. The molecule has 1 spiro atoms. The van der Waals surface area contributed by atoms with Crippen LogP contribution < -0.4 is 0 Å². The predicted molar refractivity (Wildman–Crippen MR) is 167 cm³/mol. The van der Waals surface area contributed by atoms with Gasteiger partial charge in [0, 0.05) is 5.92 Å². The van der Waals surface area contributed by atoms with Gasteiger partial charge in [0.2, 0.25) is 0 Å². The zero-order chi connectivity index (χ0) is 28.5. The molecule has 6 atom stereocenters. The van der Waals surface area contributed by atoms with Crippen LogP contribution in [0.1, 0.15) is 155 Å². The van der Waals surface area contributed by atoms with Crippen LogP contribution in [0.15, 0.2) is 23.8 Å². The highest BCUT2D eigenvalue weighted by Crippen LogP contribution is 2.56. The van der Waals surface area contributed by atoms with E-state index < -0.39 is 0 Å². The van der Waals surface area contributed by atoms with Gasteiger partial charge in [0.15, 0.2) is 0 Å². The Morgan fingerprint density at radius 3 is 2.17 bits per heavy atom. The van der Waals surface area contributed by atoms with Crippen molar-refractivity contribution in [2.24, 2.45) is 35.0 Å². The van der Waals surface area contributed by atoms with Crippen molar-refractivity contribution in [3.05, 3.63) is 23.8 Å². The molecule has 6 unspecified atom stereocenters. The van der Waals surface area contributed by atoms with Crippen LogP contribution in [-0.2, 0) is 9.78 Å². The van der Waals surface area contributed by atoms with E-state index in [2.05, 4.69) is 32.1 Å². The second-order valence-electron chi connectivity index (χ2n) is 13.7. The van der Waals surface area contributed by atoms with Gasteiger partial charge in [0.1, 0.15) is 0 Å². The normalized spacial score (nSPS) is 33.0. The van der Waals surface area contributed by atoms with Gasteiger partial charge in [-0.15, -0.1) is 0 Å². The van der Waals surface area contributed by atoms with Crippen molar-refractivity contribution >= 4 is 0 Å². The quantitative estimate of drug-likeness (QED) is 0.0905. The molecule has 0 aromatic carbocycles. The molecule has 0 radical (unpaired) electrons. The third-order valence-corrected chi connectivity index (χ3v) is 11.0. The van der Waals surface area contributed by atoms with Crippen molar-refractivity contribution in [1.29, 1.82) is 0 Å². The van der Waals surface area contributed by atoms with Gasteiger partial charge in [-0.05, 0) is 74.0 Å². The number of allylic oxidation sites excluding steroid dienone is 3. The lowest BCUT2D eigenvalue weighted by molar-refractivity contribution is -0.259. The average Bonchev–Trinajstić information content (AvgIpc) is 2.94. The van der Waals surface area contributed by atoms with Gasteiger partial charge < -0.3 is 0 Å². The lowest BCUT2D eigenvalue weighted by atomic mass is 9.52. The average molecular weight is 561 g/mol. The highest BCUT2D eigenvalue weighted by atomic mass is 17.1. The van der Waals surface area contributed by atoms with Gasteiger partial charge in [-0.3, -0.25) is 10.5 Å². The zero-order valence-corrected chi connectivity index (χ0v) is 26.3. The number of hydrogen-bond acceptors (Lipinski definition) is 4. The first-order valence-electron chi connectivity index (χ1n) is 17.6. The molecule has 0 saturated heterocycles. The second-order valence-corrected chi connectivity index (χ2v) is 13.7. The molecule has 4 nitrogen and oxygen atoms in total. The molecule has 0 aliphatic heterocycles. The Labute approximate surface area is 247 Å². The maximum atomic E-state index is 9.78. The van der Waals surface area contributed by atoms with Crippen LogP contribution in [-0.4, -0.2) is 23.7 Å². The summed E-state index contributed by atoms with van der Waals surface area (Å²) in [7, 11) is 0. The van der Waals surface area contributed by atoms with Crippen LogP contribution >= 0.6 is 0 Å². The summed E-state index contributed by atoms with van der Waals surface area (Å²) in [4.78, 5) is 9.84. The molecule has 2 saturated carbocycles. The fourth-order valence-corrected chi connectivity index (χ4v) is 8.65. The summed E-state index contributed by atoms with van der Waals surface area (Å²) in [6.07, 6.45) is 36.0. The molecule has 4 heteroatoms. The van der Waals surface area contributed by atoms with Gasteiger partial charge in [-0.1, -0.05) is 134 Å². The fraction of sp³-hybridized carbons (Fsp3) is 0.889. The van der Waals surface area contributed by atoms with E-state index in [1.807, 2.05) is 0 Å². The SMILES string of the molecule is CCCCCCC1C=CC2(CCCCCCC2COO)C(/C=C2\CCCCCCC2COO)C1CCCCCC. The molecule has 3 rings (SSSR count). The largest absolute Gasteiger partial charge is 0.252 e. The van der Waals surface area contributed by atoms with Gasteiger partial charge in [-0.2, -0.15) is 0 Å². The first-order valence-corrected chi connectivity index (χ1v) is 17.6. The number of unbranched alkanes of at least 4 members (excludes halogenated alkanes) is 6. The summed E-state index contributed by atoms with van der Waals surface area (Å²) < 4.78 is 0. The van der Waals surface area contributed by atoms with Crippen molar-refractivity contribution in [3.63, 3.8) is 0 Å². The van der Waals surface area contributed by atoms with Crippen molar-refractivity contribution in [2.45, 2.75) is 155 Å². The van der Waals surface area contributed by atoms with Crippen molar-refractivity contribution in [3.8, 4) is 0 Å². The van der Waals surface area contributed by atoms with E-state index in [9.17, 15) is 10.5 Å². The van der Waals surface area contributed by atoms with E-state index in [0.29, 0.717) is 42.8 Å². The van der Waals surface area contributed by atoms with E-state index in [4.69, 9.17) is 9.78 Å². The Morgan fingerprint density at radius 2 is 1.45 bits per heavy atom. The monoisotopic (exact) mass is 560 g/mol. The molecule has 0 aromatic rings. The molecule has 232 valence electrons. The maximum Gasteiger partial charge on any atom is 0.0884 e. The summed E-state index contributed by atoms with van der Waals surface area (Å²) in [5, 5.41) is 19.3. The van der Waals surface area contributed by atoms with Crippen LogP contribution in [0.5, 0.6) is 0 Å². The van der Waals surface area contributed by atoms with E-state index >= 15 is 0 Å². The van der Waals surface area contributed by atoms with E-state index in [0.717, 1.165) is 19.3 Å². The highest BCUT2D eigenvalue weighted by Gasteiger charge is 2.49. The Bertz CT molecular complexity index is 718. The van der Waals surface area contributed by atoms with Crippen LogP contribution in [0.25, 0.3) is 0 Å². The zero-order valence-electron chi connectivity index (χ0n) is 26.3. The summed E-state index contributed by atoms with van der Waals surface area (Å²) in [5.74, 6) is 2.39. The topological polar surface area (TPSA) is 58.9 Å². The molecule has 2 fully saturated rings. The minimum Gasteiger partial charge on any atom is -0.252 e. The van der Waals surface area contributed by atoms with Crippen molar-refractivity contribution in [1.82, 2.24) is 0 Å². The molecule has 3 aliphatic carbocycles. The first kappa shape index (κ1) is 33.8. The molecule has 0 bridgehead atoms. The predicted octanol–water partition coefficient (Wildman–Crippen LogP) is 11.2. The highest BCUT2D eigenvalue weighted by molar-refractivity contribution is 5.23. The Kier molecular flexibility index (Phi) is 16.5. The van der Waals surface area contributed by atoms with Crippen molar-refractivity contribution < 1.29 is 20.3 Å². The molecule has 0 amide bonds. The molecule has 0 heterocycles. The third kappa shape index (κ3) is 9.96. The number of hydrogen-bond donors (Lipinski definition) is 2. The van der Waals surface area contributed by atoms with Gasteiger partial charge >= 0.3 is 0 Å². The smallest absolute Gasteiger partial charge is 0.0884 e. The Hall–Kier alpha value is -0.680. The fourth-order valence-electron chi connectivity index (χ4n) is 8.65. The Balaban J connectivity index is 2.07. The summed E-state index contributed by atoms with van der Waals surface area (Å²) in [6, 6.07) is 0. The van der Waals surface area contributed by atoms with Gasteiger partial charge in [0.25, 0.3) is 0 Å². The second kappa shape index (κ2) is 19.5. The Morgan fingerprint density at radius 1 is 0.775 bits per heavy atom. The van der Waals surface area contributed by atoms with Crippen LogP contribution in [0, 0.1) is 35.0 Å². The first-order chi connectivity index (χ1) is 19.7. The van der Waals surface area contributed by atoms with E-state index in [1.54, 1.807) is 5.57 Å². The summed E-state index contributed by atoms with van der Waals surface area (Å²) >= 11 is 0. The molecule has 0 aromatic heterocycles. The van der Waals surface area contributed by atoms with Crippen LogP contribution in [0.3, 0.4) is 0 Å². The molecular weight excluding hydrogens is 496 g/mol. The minimum absolute atomic E-state index is 0.0402. The molecule has 40 heavy (non-hydrogen) atoms. The van der Waals surface area contributed by atoms with Gasteiger partial charge in [-0.25, -0.2) is 9.78 Å². The maximum absolute atomic E-state index is 9.78. The lowest BCUT2D eigenvalue weighted by Crippen LogP contribution is -2.46. The minimum atomic E-state index is 0.0402. The molecular formula is C36H64O4. The third-order valence-electron chi connectivity index (χ3n) is 11.0. The van der Waals surface area contributed by atoms with Crippen LogP contribution in [0.4, 0.5) is 0 Å². The summed E-state index contributed by atoms with van der Waals surface area (Å²) in [6.45, 7) is 5.49. The molecule has 2 N–H and O–H groups in total. The van der Waals surface area contributed by atoms with E-state index in [1.165, 1.54) is 122 Å². The van der Waals surface area contributed by atoms with Crippen molar-refractivity contribution in [2.75, 3.05) is 13.2 Å². The standard InChI is InChI=1S/C36H64O4/c1-3-5-7-13-19-30-24-26-36(25-18-12-11-16-22-33(36)29-40-38)35(34(30)23-17-8-6-4-2)27-31-20-14-9-10-15-21-32(31)28-39-37/h24,26-27,30,32-35,37-38H,3-23,25,28-29H2,1-2H3/b31-27+. The van der Waals surface area contributed by atoms with E-state index in [-0.39, 0.29) is 5.41 Å².